The van der Waals surface area contributed by atoms with E-state index < -0.39 is 16.2 Å². The molecule has 0 saturated heterocycles. The van der Waals surface area contributed by atoms with E-state index in [2.05, 4.69) is 39.0 Å². The molecule has 1 heterocycles. The number of fused-ring (bicyclic) bond motifs is 1. The van der Waals surface area contributed by atoms with Crippen molar-refractivity contribution in [1.82, 2.24) is 0 Å². The van der Waals surface area contributed by atoms with Crippen LogP contribution in [0.3, 0.4) is 0 Å². The third-order valence-electron chi connectivity index (χ3n) is 4.19. The molecule has 1 aromatic heterocycles. The zero-order chi connectivity index (χ0) is 22.5. The lowest BCUT2D eigenvalue weighted by atomic mass is 9.97. The molecule has 0 bridgehead atoms. The molecular weight excluding hydrogens is 412 g/mol. The normalized spacial score (nSPS) is 11.9. The molecule has 7 nitrogen and oxygen atoms in total. The number of carboxylic acid groups (broad SMARTS) is 1. The molecule has 158 valence electrons. The molecule has 0 amide bonds. The van der Waals surface area contributed by atoms with Crippen LogP contribution >= 0.6 is 0 Å². The lowest BCUT2D eigenvalue weighted by Crippen LogP contribution is -2.68. The number of carboxylic acids is 1. The Labute approximate surface area is 175 Å². The van der Waals surface area contributed by atoms with Crippen LogP contribution in [0.4, 0.5) is 0 Å². The van der Waals surface area contributed by atoms with Gasteiger partial charge in [-0.1, -0.05) is 26.0 Å². The minimum atomic E-state index is -4.94. The number of hydrogen-bond donors (Lipinski definition) is 1. The van der Waals surface area contributed by atoms with Crippen LogP contribution in [0.25, 0.3) is 22.6 Å². The summed E-state index contributed by atoms with van der Waals surface area (Å²) in [6.45, 7) is 6.30. The van der Waals surface area contributed by atoms with Gasteiger partial charge in [0.05, 0.1) is 16.5 Å². The van der Waals surface area contributed by atoms with Crippen molar-refractivity contribution < 1.29 is 43.2 Å². The average Bonchev–Trinajstić information content (AvgIpc) is 2.64. The van der Waals surface area contributed by atoms with Gasteiger partial charge in [0.25, 0.3) is 0 Å². The lowest BCUT2D eigenvalue weighted by molar-refractivity contribution is -2.00. The summed E-state index contributed by atoms with van der Waals surface area (Å²) in [5, 5.41) is 10.1. The standard InChI is InChI=1S/C22H20O3.ClHO4/c1-14(2)19(13-16-5-7-17(8-6-16)22(23)24)21-11-9-18-12-15(3)4-10-20(18)25-21;2-1(3,4)5/h4-14H,1-3H3;(H,2,3,4,5). The second-order valence-corrected chi connectivity index (χ2v) is 7.66. The quantitative estimate of drug-likeness (QED) is 0.609. The van der Waals surface area contributed by atoms with Crippen molar-refractivity contribution in [3.63, 3.8) is 0 Å². The first kappa shape index (κ1) is 23.5. The Kier molecular flexibility index (Phi) is 7.66. The van der Waals surface area contributed by atoms with Crippen LogP contribution in [0.5, 0.6) is 0 Å². The fourth-order valence-electron chi connectivity index (χ4n) is 2.79. The number of aromatic carboxylic acids is 1. The van der Waals surface area contributed by atoms with Crippen molar-refractivity contribution in [3.8, 4) is 0 Å². The van der Waals surface area contributed by atoms with Gasteiger partial charge in [-0.05, 0) is 60.4 Å². The first-order chi connectivity index (χ1) is 13.9. The highest BCUT2D eigenvalue weighted by Gasteiger charge is 2.20. The molecule has 3 aromatic rings. The molecule has 0 fully saturated rings. The van der Waals surface area contributed by atoms with Gasteiger partial charge in [-0.25, -0.2) is 27.8 Å². The molecule has 3 rings (SSSR count). The molecule has 0 spiro atoms. The summed E-state index contributed by atoms with van der Waals surface area (Å²) in [6.07, 6.45) is 2.05. The summed E-state index contributed by atoms with van der Waals surface area (Å²) in [5.41, 5.74) is 4.37. The molecular formula is C22H21ClO7. The van der Waals surface area contributed by atoms with Gasteiger partial charge in [-0.3, -0.25) is 0 Å². The monoisotopic (exact) mass is 432 g/mol. The second kappa shape index (κ2) is 9.80. The first-order valence-corrected chi connectivity index (χ1v) is 10.2. The van der Waals surface area contributed by atoms with E-state index in [0.29, 0.717) is 0 Å². The molecule has 0 unspecified atom stereocenters. The predicted molar refractivity (Wildman–Crippen MR) is 101 cm³/mol. The van der Waals surface area contributed by atoms with E-state index in [1.807, 2.05) is 30.3 Å². The van der Waals surface area contributed by atoms with Crippen LogP contribution in [0.15, 0.2) is 59.0 Å². The third-order valence-corrected chi connectivity index (χ3v) is 4.19. The van der Waals surface area contributed by atoms with Crippen molar-refractivity contribution >= 4 is 28.6 Å². The Morgan fingerprint density at radius 2 is 1.60 bits per heavy atom. The molecule has 30 heavy (non-hydrogen) atoms. The minimum absolute atomic E-state index is 0.269. The second-order valence-electron chi connectivity index (χ2n) is 6.90. The lowest BCUT2D eigenvalue weighted by Gasteiger charge is -2.17. The van der Waals surface area contributed by atoms with Gasteiger partial charge in [-0.2, -0.15) is 0 Å². The summed E-state index contributed by atoms with van der Waals surface area (Å²) >= 11 is 0. The van der Waals surface area contributed by atoms with Crippen LogP contribution in [0, 0.1) is 23.1 Å². The van der Waals surface area contributed by atoms with Gasteiger partial charge in [-0.15, -0.1) is 10.2 Å². The van der Waals surface area contributed by atoms with Gasteiger partial charge in [0.2, 0.25) is 0 Å². The fraction of sp³-hybridized carbons (Fsp3) is 0.182. The maximum atomic E-state index is 11.0. The zero-order valence-corrected chi connectivity index (χ0v) is 17.4. The van der Waals surface area contributed by atoms with Crippen molar-refractivity contribution in [3.05, 3.63) is 77.0 Å². The Bertz CT molecular complexity index is 1050. The van der Waals surface area contributed by atoms with E-state index >= 15 is 0 Å². The molecule has 0 radical (unpaired) electrons. The average molecular weight is 433 g/mol. The summed E-state index contributed by atoms with van der Waals surface area (Å²) < 4.78 is 40.1. The summed E-state index contributed by atoms with van der Waals surface area (Å²) in [6, 6.07) is 17.1. The van der Waals surface area contributed by atoms with E-state index in [1.54, 1.807) is 12.1 Å². The van der Waals surface area contributed by atoms with Crippen LogP contribution in [-0.2, 0) is 0 Å². The highest BCUT2D eigenvalue weighted by molar-refractivity contribution is 5.89. The SMILES string of the molecule is Cc1ccc2[o+]c(C(=Cc3ccc(C(=O)O)cc3)C(C)C)ccc2c1.[O-][Cl+3]([O-])([O-])[O-]. The maximum Gasteiger partial charge on any atom is 0.360 e. The Morgan fingerprint density at radius 3 is 2.13 bits per heavy atom. The van der Waals surface area contributed by atoms with Gasteiger partial charge in [0.1, 0.15) is 0 Å². The van der Waals surface area contributed by atoms with E-state index in [4.69, 9.17) is 28.2 Å². The Morgan fingerprint density at radius 1 is 1.00 bits per heavy atom. The summed E-state index contributed by atoms with van der Waals surface area (Å²) in [7, 11) is -4.94. The van der Waals surface area contributed by atoms with Gasteiger partial charge in [0.15, 0.2) is 0 Å². The number of carbonyl (C=O) groups is 1. The van der Waals surface area contributed by atoms with Gasteiger partial charge < -0.3 is 5.11 Å². The first-order valence-electron chi connectivity index (χ1n) is 8.94. The third kappa shape index (κ3) is 7.22. The fourth-order valence-corrected chi connectivity index (χ4v) is 2.79. The molecule has 0 aliphatic heterocycles. The van der Waals surface area contributed by atoms with Crippen LogP contribution in [0.1, 0.15) is 41.1 Å². The number of rotatable bonds is 4. The van der Waals surface area contributed by atoms with E-state index in [0.717, 1.165) is 27.9 Å². The van der Waals surface area contributed by atoms with Crippen molar-refractivity contribution in [2.24, 2.45) is 5.92 Å². The Hall–Kier alpha value is -2.81. The maximum absolute atomic E-state index is 11.0. The molecule has 0 aliphatic rings. The predicted octanol–water partition coefficient (Wildman–Crippen LogP) is 1.16. The van der Waals surface area contributed by atoms with Crippen LogP contribution in [-0.4, -0.2) is 11.1 Å². The van der Waals surface area contributed by atoms with E-state index in [-0.39, 0.29) is 11.5 Å². The van der Waals surface area contributed by atoms with Gasteiger partial charge >= 0.3 is 17.3 Å². The molecule has 8 heteroatoms. The molecule has 0 aliphatic carbocycles. The van der Waals surface area contributed by atoms with Crippen LogP contribution < -0.4 is 18.6 Å². The number of allylic oxidation sites excluding steroid dienone is 1. The summed E-state index contributed by atoms with van der Waals surface area (Å²) in [5.74, 6) is 0.180. The van der Waals surface area contributed by atoms with Crippen molar-refractivity contribution in [1.29, 1.82) is 0 Å². The summed E-state index contributed by atoms with van der Waals surface area (Å²) in [4.78, 5) is 11.0. The highest BCUT2D eigenvalue weighted by Crippen LogP contribution is 2.29. The largest absolute Gasteiger partial charge is 0.478 e. The number of hydrogen-bond acceptors (Lipinski definition) is 5. The zero-order valence-electron chi connectivity index (χ0n) is 16.6. The van der Waals surface area contributed by atoms with E-state index in [9.17, 15) is 4.79 Å². The highest BCUT2D eigenvalue weighted by atomic mass is 35.7. The topological polar surface area (TPSA) is 141 Å². The Balaban J connectivity index is 0.000000575. The molecule has 2 aromatic carbocycles. The number of aryl methyl sites for hydroxylation is 1. The minimum Gasteiger partial charge on any atom is -0.478 e. The smallest absolute Gasteiger partial charge is 0.360 e. The molecule has 0 atom stereocenters. The number of halogens is 1. The van der Waals surface area contributed by atoms with Crippen LogP contribution in [0.2, 0.25) is 0 Å². The molecule has 0 saturated carbocycles. The van der Waals surface area contributed by atoms with E-state index in [1.165, 1.54) is 5.56 Å². The molecule has 1 N–H and O–H groups in total. The van der Waals surface area contributed by atoms with Gasteiger partial charge in [0, 0.05) is 12.1 Å². The van der Waals surface area contributed by atoms with Crippen molar-refractivity contribution in [2.45, 2.75) is 20.8 Å². The number of benzene rings is 2. The van der Waals surface area contributed by atoms with Crippen molar-refractivity contribution in [2.75, 3.05) is 0 Å².